The number of nitrogens with one attached hydrogen (secondary N) is 1. The summed E-state index contributed by atoms with van der Waals surface area (Å²) in [5.74, 6) is -0.213. The molecule has 0 fully saturated rings. The van der Waals surface area contributed by atoms with Gasteiger partial charge in [0.05, 0.1) is 27.4 Å². The number of halogens is 1. The van der Waals surface area contributed by atoms with Crippen LogP contribution in [0.3, 0.4) is 0 Å². The SMILES string of the molecule is O=C(CCn1cnc2ccccc2c1=O)Nc1nc2ccc(Cl)cc2s1. The zero-order valence-electron chi connectivity index (χ0n) is 13.5. The fourth-order valence-corrected chi connectivity index (χ4v) is 3.78. The van der Waals surface area contributed by atoms with Crippen LogP contribution in [0.1, 0.15) is 6.42 Å². The molecule has 4 rings (SSSR count). The van der Waals surface area contributed by atoms with Gasteiger partial charge in [-0.2, -0.15) is 0 Å². The van der Waals surface area contributed by atoms with Crippen molar-refractivity contribution in [2.45, 2.75) is 13.0 Å². The fraction of sp³-hybridized carbons (Fsp3) is 0.111. The molecule has 0 radical (unpaired) electrons. The van der Waals surface area contributed by atoms with Gasteiger partial charge in [-0.05, 0) is 30.3 Å². The van der Waals surface area contributed by atoms with E-state index in [1.165, 1.54) is 22.2 Å². The Morgan fingerprint density at radius 3 is 2.92 bits per heavy atom. The Morgan fingerprint density at radius 1 is 1.19 bits per heavy atom. The summed E-state index contributed by atoms with van der Waals surface area (Å²) in [7, 11) is 0. The van der Waals surface area contributed by atoms with Crippen molar-refractivity contribution in [1.29, 1.82) is 0 Å². The van der Waals surface area contributed by atoms with Crippen molar-refractivity contribution in [2.75, 3.05) is 5.32 Å². The lowest BCUT2D eigenvalue weighted by atomic mass is 10.2. The number of thiazole rings is 1. The summed E-state index contributed by atoms with van der Waals surface area (Å²) in [5, 5.41) is 4.45. The second kappa shape index (κ2) is 6.86. The average Bonchev–Trinajstić information content (AvgIpc) is 3.02. The molecule has 26 heavy (non-hydrogen) atoms. The molecule has 0 atom stereocenters. The van der Waals surface area contributed by atoms with Crippen LogP contribution in [0, 0.1) is 0 Å². The maximum atomic E-state index is 12.4. The summed E-state index contributed by atoms with van der Waals surface area (Å²) < 4.78 is 2.35. The zero-order valence-corrected chi connectivity index (χ0v) is 15.0. The molecule has 0 unspecified atom stereocenters. The van der Waals surface area contributed by atoms with Crippen LogP contribution in [0.15, 0.2) is 53.6 Å². The highest BCUT2D eigenvalue weighted by Gasteiger charge is 2.10. The van der Waals surface area contributed by atoms with Crippen LogP contribution in [0.4, 0.5) is 5.13 Å². The molecular weight excluding hydrogens is 372 g/mol. The van der Waals surface area contributed by atoms with E-state index in [2.05, 4.69) is 15.3 Å². The van der Waals surface area contributed by atoms with Crippen LogP contribution < -0.4 is 10.9 Å². The number of amides is 1. The lowest BCUT2D eigenvalue weighted by molar-refractivity contribution is -0.116. The van der Waals surface area contributed by atoms with Crippen LogP contribution >= 0.6 is 22.9 Å². The number of fused-ring (bicyclic) bond motifs is 2. The molecule has 1 N–H and O–H groups in total. The van der Waals surface area contributed by atoms with E-state index in [1.807, 2.05) is 18.2 Å². The van der Waals surface area contributed by atoms with Gasteiger partial charge in [0.25, 0.3) is 5.56 Å². The molecule has 0 aliphatic rings. The number of hydrogen-bond acceptors (Lipinski definition) is 5. The van der Waals surface area contributed by atoms with E-state index in [0.717, 1.165) is 10.2 Å². The summed E-state index contributed by atoms with van der Waals surface area (Å²) >= 11 is 7.32. The van der Waals surface area contributed by atoms with Crippen molar-refractivity contribution in [2.24, 2.45) is 0 Å². The molecule has 2 aromatic carbocycles. The predicted octanol–water partition coefficient (Wildman–Crippen LogP) is 3.69. The third kappa shape index (κ3) is 3.31. The van der Waals surface area contributed by atoms with Gasteiger partial charge in [-0.1, -0.05) is 35.1 Å². The minimum atomic E-state index is -0.213. The minimum absolute atomic E-state index is 0.149. The van der Waals surface area contributed by atoms with Crippen molar-refractivity contribution in [3.8, 4) is 0 Å². The lowest BCUT2D eigenvalue weighted by Gasteiger charge is -2.06. The van der Waals surface area contributed by atoms with Crippen molar-refractivity contribution in [3.05, 3.63) is 64.2 Å². The van der Waals surface area contributed by atoms with Crippen molar-refractivity contribution in [1.82, 2.24) is 14.5 Å². The van der Waals surface area contributed by atoms with E-state index in [1.54, 1.807) is 24.3 Å². The van der Waals surface area contributed by atoms with Gasteiger partial charge in [0.2, 0.25) is 5.91 Å². The average molecular weight is 385 g/mol. The monoisotopic (exact) mass is 384 g/mol. The molecule has 6 nitrogen and oxygen atoms in total. The topological polar surface area (TPSA) is 76.9 Å². The van der Waals surface area contributed by atoms with E-state index < -0.39 is 0 Å². The highest BCUT2D eigenvalue weighted by atomic mass is 35.5. The highest BCUT2D eigenvalue weighted by Crippen LogP contribution is 2.28. The number of rotatable bonds is 4. The van der Waals surface area contributed by atoms with Crippen LogP contribution in [-0.4, -0.2) is 20.4 Å². The Balaban J connectivity index is 1.46. The van der Waals surface area contributed by atoms with Crippen LogP contribution in [0.25, 0.3) is 21.1 Å². The van der Waals surface area contributed by atoms with E-state index in [4.69, 9.17) is 11.6 Å². The predicted molar refractivity (Wildman–Crippen MR) is 104 cm³/mol. The molecule has 2 heterocycles. The quantitative estimate of drug-likeness (QED) is 0.582. The van der Waals surface area contributed by atoms with E-state index in [0.29, 0.717) is 21.1 Å². The molecule has 0 saturated carbocycles. The van der Waals surface area contributed by atoms with Crippen LogP contribution in [0.5, 0.6) is 0 Å². The van der Waals surface area contributed by atoms with E-state index in [9.17, 15) is 9.59 Å². The molecular formula is C18H13ClN4O2S. The number of carbonyl (C=O) groups is 1. The van der Waals surface area contributed by atoms with Gasteiger partial charge in [-0.15, -0.1) is 0 Å². The number of benzene rings is 2. The Hall–Kier alpha value is -2.77. The molecule has 0 aliphatic carbocycles. The van der Waals surface area contributed by atoms with E-state index >= 15 is 0 Å². The maximum absolute atomic E-state index is 12.4. The van der Waals surface area contributed by atoms with E-state index in [-0.39, 0.29) is 24.4 Å². The Kier molecular flexibility index (Phi) is 4.40. The standard InChI is InChI=1S/C18H13ClN4O2S/c19-11-5-6-14-15(9-11)26-18(21-14)22-16(24)7-8-23-10-20-13-4-2-1-3-12(13)17(23)25/h1-6,9-10H,7-8H2,(H,21,22,24). The van der Waals surface area contributed by atoms with Crippen molar-refractivity contribution in [3.63, 3.8) is 0 Å². The minimum Gasteiger partial charge on any atom is -0.302 e. The van der Waals surface area contributed by atoms with Gasteiger partial charge >= 0.3 is 0 Å². The first kappa shape index (κ1) is 16.7. The number of anilines is 1. The van der Waals surface area contributed by atoms with Crippen molar-refractivity contribution >= 4 is 55.1 Å². The smallest absolute Gasteiger partial charge is 0.261 e. The number of nitrogens with zero attached hydrogens (tertiary/aromatic N) is 3. The summed E-state index contributed by atoms with van der Waals surface area (Å²) in [5.41, 5.74) is 1.27. The third-order valence-electron chi connectivity index (χ3n) is 3.91. The van der Waals surface area contributed by atoms with Gasteiger partial charge in [0.1, 0.15) is 0 Å². The fourth-order valence-electron chi connectivity index (χ4n) is 2.62. The molecule has 0 bridgehead atoms. The Morgan fingerprint density at radius 2 is 2.04 bits per heavy atom. The normalized spacial score (nSPS) is 11.1. The maximum Gasteiger partial charge on any atom is 0.261 e. The van der Waals surface area contributed by atoms with Crippen LogP contribution in [0.2, 0.25) is 5.02 Å². The second-order valence-corrected chi connectivity index (χ2v) is 7.16. The largest absolute Gasteiger partial charge is 0.302 e. The van der Waals surface area contributed by atoms with Gasteiger partial charge in [0.15, 0.2) is 5.13 Å². The first-order valence-corrected chi connectivity index (χ1v) is 9.10. The third-order valence-corrected chi connectivity index (χ3v) is 5.08. The molecule has 8 heteroatoms. The van der Waals surface area contributed by atoms with Gasteiger partial charge in [-0.3, -0.25) is 14.2 Å². The number of aryl methyl sites for hydroxylation is 1. The second-order valence-electron chi connectivity index (χ2n) is 5.69. The van der Waals surface area contributed by atoms with Crippen LogP contribution in [-0.2, 0) is 11.3 Å². The Labute approximate surface area is 157 Å². The summed E-state index contributed by atoms with van der Waals surface area (Å²) in [6, 6.07) is 12.5. The first-order chi connectivity index (χ1) is 12.6. The summed E-state index contributed by atoms with van der Waals surface area (Å²) in [6.45, 7) is 0.249. The molecule has 1 amide bonds. The number of para-hydroxylation sites is 1. The molecule has 0 saturated heterocycles. The Bertz CT molecular complexity index is 1180. The zero-order chi connectivity index (χ0) is 18.1. The van der Waals surface area contributed by atoms with Gasteiger partial charge in [0, 0.05) is 18.0 Å². The molecule has 0 aliphatic heterocycles. The number of aromatic nitrogens is 3. The molecule has 2 aromatic heterocycles. The highest BCUT2D eigenvalue weighted by molar-refractivity contribution is 7.22. The van der Waals surface area contributed by atoms with Gasteiger partial charge < -0.3 is 5.32 Å². The molecule has 0 spiro atoms. The van der Waals surface area contributed by atoms with Gasteiger partial charge in [-0.25, -0.2) is 9.97 Å². The number of hydrogen-bond donors (Lipinski definition) is 1. The summed E-state index contributed by atoms with van der Waals surface area (Å²) in [6.07, 6.45) is 1.62. The summed E-state index contributed by atoms with van der Waals surface area (Å²) in [4.78, 5) is 33.2. The number of carbonyl (C=O) groups excluding carboxylic acids is 1. The molecule has 130 valence electrons. The molecule has 4 aromatic rings. The lowest BCUT2D eigenvalue weighted by Crippen LogP contribution is -2.23. The van der Waals surface area contributed by atoms with Crippen molar-refractivity contribution < 1.29 is 4.79 Å². The first-order valence-electron chi connectivity index (χ1n) is 7.90.